The number of rotatable bonds is 8. The van der Waals surface area contributed by atoms with Crippen LogP contribution in [-0.4, -0.2) is 13.3 Å². The Labute approximate surface area is 164 Å². The van der Waals surface area contributed by atoms with Crippen molar-refractivity contribution >= 4 is 17.8 Å². The molecule has 0 unspecified atom stereocenters. The van der Waals surface area contributed by atoms with Crippen molar-refractivity contribution in [1.82, 2.24) is 5.43 Å². The van der Waals surface area contributed by atoms with Gasteiger partial charge in [-0.15, -0.1) is 0 Å². The van der Waals surface area contributed by atoms with Crippen LogP contribution in [-0.2, 0) is 13.2 Å². The minimum atomic E-state index is 0.402. The Morgan fingerprint density at radius 1 is 0.889 bits per heavy atom. The molecule has 0 bridgehead atoms. The van der Waals surface area contributed by atoms with E-state index in [1.165, 1.54) is 0 Å². The number of nitrogens with zero attached hydrogens (tertiary/aromatic N) is 1. The summed E-state index contributed by atoms with van der Waals surface area (Å²) in [5.74, 6) is 1.59. The highest BCUT2D eigenvalue weighted by atomic mass is 35.5. The summed E-state index contributed by atoms with van der Waals surface area (Å²) >= 11 is 6.19. The lowest BCUT2D eigenvalue weighted by Gasteiger charge is -2.10. The highest BCUT2D eigenvalue weighted by Crippen LogP contribution is 2.21. The van der Waals surface area contributed by atoms with Gasteiger partial charge in [0.2, 0.25) is 0 Å². The monoisotopic (exact) mass is 380 g/mol. The Balaban J connectivity index is 1.62. The first-order valence-corrected chi connectivity index (χ1v) is 8.99. The van der Waals surface area contributed by atoms with E-state index in [2.05, 4.69) is 10.5 Å². The Hall–Kier alpha value is -2.98. The van der Waals surface area contributed by atoms with Crippen molar-refractivity contribution in [2.24, 2.45) is 5.10 Å². The van der Waals surface area contributed by atoms with Crippen LogP contribution in [0.25, 0.3) is 0 Å². The third kappa shape index (κ3) is 5.25. The summed E-state index contributed by atoms with van der Waals surface area (Å²) in [4.78, 5) is 0. The minimum absolute atomic E-state index is 0.402. The second-order valence-corrected chi connectivity index (χ2v) is 6.23. The molecule has 0 amide bonds. The molecule has 27 heavy (non-hydrogen) atoms. The van der Waals surface area contributed by atoms with E-state index in [4.69, 9.17) is 21.1 Å². The molecule has 3 rings (SSSR count). The molecule has 4 nitrogen and oxygen atoms in total. The van der Waals surface area contributed by atoms with Gasteiger partial charge < -0.3 is 14.9 Å². The molecule has 138 valence electrons. The lowest BCUT2D eigenvalue weighted by atomic mass is 10.2. The van der Waals surface area contributed by atoms with E-state index in [0.717, 1.165) is 28.2 Å². The zero-order valence-electron chi connectivity index (χ0n) is 15.1. The van der Waals surface area contributed by atoms with Crippen molar-refractivity contribution in [2.75, 3.05) is 7.11 Å². The van der Waals surface area contributed by atoms with E-state index in [-0.39, 0.29) is 0 Å². The highest BCUT2D eigenvalue weighted by Gasteiger charge is 2.04. The molecule has 0 aliphatic heterocycles. The lowest BCUT2D eigenvalue weighted by Crippen LogP contribution is -2.07. The fourth-order valence-electron chi connectivity index (χ4n) is 2.58. The van der Waals surface area contributed by atoms with E-state index >= 15 is 0 Å². The highest BCUT2D eigenvalue weighted by molar-refractivity contribution is 6.31. The first-order chi connectivity index (χ1) is 13.3. The van der Waals surface area contributed by atoms with Crippen LogP contribution in [0.5, 0.6) is 11.5 Å². The van der Waals surface area contributed by atoms with Gasteiger partial charge in [0.15, 0.2) is 0 Å². The molecular weight excluding hydrogens is 360 g/mol. The van der Waals surface area contributed by atoms with Gasteiger partial charge in [0.1, 0.15) is 18.1 Å². The number of nitrogens with one attached hydrogen (secondary N) is 1. The maximum atomic E-state index is 6.19. The smallest absolute Gasteiger partial charge is 0.128 e. The first-order valence-electron chi connectivity index (χ1n) is 8.61. The zero-order valence-corrected chi connectivity index (χ0v) is 15.8. The van der Waals surface area contributed by atoms with Gasteiger partial charge in [0.05, 0.1) is 19.9 Å². The molecule has 0 aliphatic carbocycles. The maximum absolute atomic E-state index is 6.19. The summed E-state index contributed by atoms with van der Waals surface area (Å²) in [5.41, 5.74) is 5.92. The van der Waals surface area contributed by atoms with Gasteiger partial charge in [-0.2, -0.15) is 5.10 Å². The van der Waals surface area contributed by atoms with Gasteiger partial charge >= 0.3 is 0 Å². The van der Waals surface area contributed by atoms with Crippen molar-refractivity contribution in [3.63, 3.8) is 0 Å². The number of methoxy groups -OCH3 is 1. The number of hydrazone groups is 1. The van der Waals surface area contributed by atoms with Crippen LogP contribution in [0.15, 0.2) is 77.9 Å². The van der Waals surface area contributed by atoms with Crippen LogP contribution in [0, 0.1) is 0 Å². The molecule has 0 saturated carbocycles. The number of ether oxygens (including phenoxy) is 2. The molecule has 0 saturated heterocycles. The molecule has 0 aliphatic rings. The number of hydrogen-bond acceptors (Lipinski definition) is 4. The molecule has 0 fully saturated rings. The number of hydrogen-bond donors (Lipinski definition) is 1. The number of halogens is 1. The molecule has 0 spiro atoms. The van der Waals surface area contributed by atoms with Gasteiger partial charge in [-0.1, -0.05) is 60.1 Å². The lowest BCUT2D eigenvalue weighted by molar-refractivity contribution is 0.306. The average Bonchev–Trinajstić information content (AvgIpc) is 2.71. The molecule has 0 heterocycles. The predicted octanol–water partition coefficient (Wildman–Crippen LogP) is 5.05. The molecule has 0 aromatic heterocycles. The van der Waals surface area contributed by atoms with Crippen molar-refractivity contribution in [2.45, 2.75) is 13.2 Å². The summed E-state index contributed by atoms with van der Waals surface area (Å²) in [6.45, 7) is 0.975. The minimum Gasteiger partial charge on any atom is -0.496 e. The maximum Gasteiger partial charge on any atom is 0.128 e. The van der Waals surface area contributed by atoms with Crippen LogP contribution in [0.3, 0.4) is 0 Å². The molecule has 0 atom stereocenters. The van der Waals surface area contributed by atoms with Crippen molar-refractivity contribution in [1.29, 1.82) is 0 Å². The molecule has 1 N–H and O–H groups in total. The normalized spacial score (nSPS) is 10.7. The molecule has 0 radical (unpaired) electrons. The number of benzene rings is 3. The topological polar surface area (TPSA) is 42.8 Å². The quantitative estimate of drug-likeness (QED) is 0.439. The Kier molecular flexibility index (Phi) is 6.72. The molecule has 5 heteroatoms. The van der Waals surface area contributed by atoms with Gasteiger partial charge in [0, 0.05) is 21.7 Å². The van der Waals surface area contributed by atoms with Gasteiger partial charge in [-0.05, 0) is 24.3 Å². The van der Waals surface area contributed by atoms with Gasteiger partial charge in [-0.25, -0.2) is 0 Å². The average molecular weight is 381 g/mol. The molecule has 3 aromatic carbocycles. The zero-order chi connectivity index (χ0) is 18.9. The predicted molar refractivity (Wildman–Crippen MR) is 110 cm³/mol. The fourth-order valence-corrected chi connectivity index (χ4v) is 2.77. The van der Waals surface area contributed by atoms with E-state index in [1.54, 1.807) is 13.3 Å². The summed E-state index contributed by atoms with van der Waals surface area (Å²) < 4.78 is 11.3. The SMILES string of the molecule is COc1ccccc1CN/N=C/c1ccccc1OCc1ccccc1Cl. The third-order valence-corrected chi connectivity index (χ3v) is 4.39. The van der Waals surface area contributed by atoms with Crippen LogP contribution >= 0.6 is 11.6 Å². The Bertz CT molecular complexity index is 912. The summed E-state index contributed by atoms with van der Waals surface area (Å²) in [7, 11) is 1.66. The van der Waals surface area contributed by atoms with Gasteiger partial charge in [-0.3, -0.25) is 0 Å². The second kappa shape index (κ2) is 9.64. The largest absolute Gasteiger partial charge is 0.496 e. The standard InChI is InChI=1S/C22H21ClN2O2/c1-26-21-12-6-3-8-17(21)14-24-25-15-18-9-4-7-13-22(18)27-16-19-10-2-5-11-20(19)23/h2-13,15,24H,14,16H2,1H3/b25-15+. The third-order valence-electron chi connectivity index (χ3n) is 4.02. The van der Waals surface area contributed by atoms with Crippen LogP contribution < -0.4 is 14.9 Å². The van der Waals surface area contributed by atoms with Crippen LogP contribution in [0.2, 0.25) is 5.02 Å². The van der Waals surface area contributed by atoms with E-state index < -0.39 is 0 Å². The van der Waals surface area contributed by atoms with E-state index in [1.807, 2.05) is 72.8 Å². The van der Waals surface area contributed by atoms with E-state index in [9.17, 15) is 0 Å². The van der Waals surface area contributed by atoms with Crippen LogP contribution in [0.4, 0.5) is 0 Å². The van der Waals surface area contributed by atoms with Crippen LogP contribution in [0.1, 0.15) is 16.7 Å². The van der Waals surface area contributed by atoms with Crippen molar-refractivity contribution < 1.29 is 9.47 Å². The Morgan fingerprint density at radius 3 is 2.33 bits per heavy atom. The van der Waals surface area contributed by atoms with E-state index in [0.29, 0.717) is 18.2 Å². The molecular formula is C22H21ClN2O2. The Morgan fingerprint density at radius 2 is 1.56 bits per heavy atom. The summed E-state index contributed by atoms with van der Waals surface area (Å²) in [5, 5.41) is 5.01. The number of para-hydroxylation sites is 2. The fraction of sp³-hybridized carbons (Fsp3) is 0.136. The van der Waals surface area contributed by atoms with Crippen molar-refractivity contribution in [3.05, 3.63) is 94.5 Å². The van der Waals surface area contributed by atoms with Gasteiger partial charge in [0.25, 0.3) is 0 Å². The van der Waals surface area contributed by atoms with Crippen molar-refractivity contribution in [3.8, 4) is 11.5 Å². The summed E-state index contributed by atoms with van der Waals surface area (Å²) in [6, 6.07) is 23.3. The second-order valence-electron chi connectivity index (χ2n) is 5.82. The summed E-state index contributed by atoms with van der Waals surface area (Å²) in [6.07, 6.45) is 1.75. The first kappa shape index (κ1) is 18.8. The molecule has 3 aromatic rings.